The van der Waals surface area contributed by atoms with Gasteiger partial charge < -0.3 is 5.32 Å². The smallest absolute Gasteiger partial charge is 0.151 e. The number of hydrogen-bond donors (Lipinski definition) is 1. The molecule has 0 amide bonds. The average molecular weight is 284 g/mol. The van der Waals surface area contributed by atoms with Gasteiger partial charge in [0, 0.05) is 24.3 Å². The lowest BCUT2D eigenvalue weighted by Gasteiger charge is -2.06. The van der Waals surface area contributed by atoms with Crippen LogP contribution >= 0.6 is 12.4 Å². The summed E-state index contributed by atoms with van der Waals surface area (Å²) in [6.45, 7) is 6.76. The van der Waals surface area contributed by atoms with Gasteiger partial charge in [0.25, 0.3) is 0 Å². The molecule has 19 heavy (non-hydrogen) atoms. The summed E-state index contributed by atoms with van der Waals surface area (Å²) in [5.41, 5.74) is 2.01. The molecule has 1 aromatic heterocycles. The molecule has 0 aliphatic carbocycles. The lowest BCUT2D eigenvalue weighted by Crippen LogP contribution is -2.04. The third-order valence-electron chi connectivity index (χ3n) is 2.79. The number of nitrogens with zero attached hydrogens (tertiary/aromatic N) is 2. The Morgan fingerprint density at radius 3 is 2.68 bits per heavy atom. The van der Waals surface area contributed by atoms with E-state index >= 15 is 0 Å². The molecule has 5 heteroatoms. The Morgan fingerprint density at radius 1 is 1.37 bits per heavy atom. The molecule has 1 N–H and O–H groups in total. The molecular weight excluding hydrogens is 265 g/mol. The minimum absolute atomic E-state index is 0. The predicted octanol–water partition coefficient (Wildman–Crippen LogP) is 3.95. The summed E-state index contributed by atoms with van der Waals surface area (Å²) < 4.78 is 15.0. The van der Waals surface area contributed by atoms with Gasteiger partial charge in [-0.25, -0.2) is 4.39 Å². The monoisotopic (exact) mass is 283 g/mol. The van der Waals surface area contributed by atoms with Gasteiger partial charge in [-0.05, 0) is 38.5 Å². The Bertz CT molecular complexity index is 537. The van der Waals surface area contributed by atoms with E-state index in [0.717, 1.165) is 16.9 Å². The normalized spacial score (nSPS) is 10.4. The fourth-order valence-electron chi connectivity index (χ4n) is 1.75. The van der Waals surface area contributed by atoms with Crippen LogP contribution in [0.1, 0.15) is 31.0 Å². The third-order valence-corrected chi connectivity index (χ3v) is 2.79. The van der Waals surface area contributed by atoms with Crippen LogP contribution < -0.4 is 5.32 Å². The van der Waals surface area contributed by atoms with Crippen molar-refractivity contribution < 1.29 is 4.39 Å². The highest BCUT2D eigenvalue weighted by Gasteiger charge is 2.06. The molecule has 0 atom stereocenters. The molecule has 0 radical (unpaired) electrons. The minimum Gasteiger partial charge on any atom is -0.364 e. The third kappa shape index (κ3) is 3.96. The van der Waals surface area contributed by atoms with Gasteiger partial charge >= 0.3 is 0 Å². The molecule has 2 aromatic rings. The van der Waals surface area contributed by atoms with Gasteiger partial charge in [0.15, 0.2) is 5.82 Å². The zero-order chi connectivity index (χ0) is 13.1. The highest BCUT2D eigenvalue weighted by atomic mass is 35.5. The Labute approximate surface area is 119 Å². The van der Waals surface area contributed by atoms with Gasteiger partial charge in [-0.2, -0.15) is 5.10 Å². The standard InChI is InChI=1S/C14H18FN3.ClH/c1-10(2)18-9-11(3)14(17-18)16-8-12-5-4-6-13(15)7-12;/h4-7,9-10H,8H2,1-3H3,(H,16,17);1H. The summed E-state index contributed by atoms with van der Waals surface area (Å²) in [5, 5.41) is 7.69. The van der Waals surface area contributed by atoms with E-state index in [4.69, 9.17) is 0 Å². The average Bonchev–Trinajstić information content (AvgIpc) is 2.68. The van der Waals surface area contributed by atoms with E-state index < -0.39 is 0 Å². The van der Waals surface area contributed by atoms with Crippen LogP contribution in [-0.4, -0.2) is 9.78 Å². The highest BCUT2D eigenvalue weighted by Crippen LogP contribution is 2.16. The van der Waals surface area contributed by atoms with Crippen LogP contribution in [0.2, 0.25) is 0 Å². The lowest BCUT2D eigenvalue weighted by atomic mass is 10.2. The molecule has 0 aliphatic heterocycles. The molecule has 1 aromatic carbocycles. The molecule has 3 nitrogen and oxygen atoms in total. The van der Waals surface area contributed by atoms with Crippen LogP contribution in [0, 0.1) is 12.7 Å². The van der Waals surface area contributed by atoms with Gasteiger partial charge in [0.05, 0.1) is 0 Å². The number of benzene rings is 1. The molecule has 104 valence electrons. The van der Waals surface area contributed by atoms with Crippen LogP contribution in [0.4, 0.5) is 10.2 Å². The largest absolute Gasteiger partial charge is 0.364 e. The van der Waals surface area contributed by atoms with Crippen molar-refractivity contribution in [2.75, 3.05) is 5.32 Å². The first-order valence-electron chi connectivity index (χ1n) is 6.10. The molecule has 2 rings (SSSR count). The molecule has 0 fully saturated rings. The number of hydrogen-bond acceptors (Lipinski definition) is 2. The van der Waals surface area contributed by atoms with Crippen LogP contribution in [0.3, 0.4) is 0 Å². The summed E-state index contributed by atoms with van der Waals surface area (Å²) in [6.07, 6.45) is 2.01. The van der Waals surface area contributed by atoms with Gasteiger partial charge in [-0.1, -0.05) is 12.1 Å². The first-order valence-corrected chi connectivity index (χ1v) is 6.10. The molecule has 1 heterocycles. The number of halogens is 2. The topological polar surface area (TPSA) is 29.9 Å². The number of nitrogens with one attached hydrogen (secondary N) is 1. The van der Waals surface area contributed by atoms with E-state index in [1.165, 1.54) is 12.1 Å². The van der Waals surface area contributed by atoms with E-state index in [0.29, 0.717) is 12.6 Å². The Balaban J connectivity index is 0.00000180. The minimum atomic E-state index is -0.210. The number of anilines is 1. The maximum absolute atomic E-state index is 13.0. The molecule has 0 spiro atoms. The fourth-order valence-corrected chi connectivity index (χ4v) is 1.75. The lowest BCUT2D eigenvalue weighted by molar-refractivity contribution is 0.533. The van der Waals surface area contributed by atoms with E-state index in [-0.39, 0.29) is 18.2 Å². The molecule has 0 saturated heterocycles. The van der Waals surface area contributed by atoms with Crippen molar-refractivity contribution in [1.82, 2.24) is 9.78 Å². The van der Waals surface area contributed by atoms with E-state index in [1.54, 1.807) is 6.07 Å². The van der Waals surface area contributed by atoms with Crippen molar-refractivity contribution in [3.05, 3.63) is 47.4 Å². The second-order valence-corrected chi connectivity index (χ2v) is 4.72. The van der Waals surface area contributed by atoms with E-state index in [1.807, 2.05) is 23.9 Å². The van der Waals surface area contributed by atoms with Crippen LogP contribution in [0.5, 0.6) is 0 Å². The molecule has 0 aliphatic rings. The molecular formula is C14H19ClFN3. The summed E-state index contributed by atoms with van der Waals surface area (Å²) in [5.74, 6) is 0.645. The van der Waals surface area contributed by atoms with Crippen molar-refractivity contribution in [3.63, 3.8) is 0 Å². The Morgan fingerprint density at radius 2 is 2.11 bits per heavy atom. The van der Waals surface area contributed by atoms with E-state index in [2.05, 4.69) is 24.3 Å². The summed E-state index contributed by atoms with van der Waals surface area (Å²) in [7, 11) is 0. The quantitative estimate of drug-likeness (QED) is 0.921. The summed E-state index contributed by atoms with van der Waals surface area (Å²) in [6, 6.07) is 6.93. The predicted molar refractivity (Wildman–Crippen MR) is 78.3 cm³/mol. The first kappa shape index (κ1) is 15.5. The van der Waals surface area contributed by atoms with Gasteiger partial charge in [0.2, 0.25) is 0 Å². The summed E-state index contributed by atoms with van der Waals surface area (Å²) >= 11 is 0. The van der Waals surface area contributed by atoms with Crippen molar-refractivity contribution in [1.29, 1.82) is 0 Å². The zero-order valence-electron chi connectivity index (χ0n) is 11.4. The first-order chi connectivity index (χ1) is 8.56. The van der Waals surface area contributed by atoms with Crippen LogP contribution in [-0.2, 0) is 6.54 Å². The van der Waals surface area contributed by atoms with Crippen molar-refractivity contribution in [2.24, 2.45) is 0 Å². The number of rotatable bonds is 4. The maximum Gasteiger partial charge on any atom is 0.151 e. The van der Waals surface area contributed by atoms with Crippen LogP contribution in [0.25, 0.3) is 0 Å². The Hall–Kier alpha value is -1.55. The maximum atomic E-state index is 13.0. The Kier molecular flexibility index (Phi) is 5.36. The van der Waals surface area contributed by atoms with Crippen LogP contribution in [0.15, 0.2) is 30.5 Å². The summed E-state index contributed by atoms with van der Waals surface area (Å²) in [4.78, 5) is 0. The van der Waals surface area contributed by atoms with Crippen molar-refractivity contribution in [2.45, 2.75) is 33.4 Å². The second-order valence-electron chi connectivity index (χ2n) is 4.72. The molecule has 0 unspecified atom stereocenters. The highest BCUT2D eigenvalue weighted by molar-refractivity contribution is 5.85. The second kappa shape index (κ2) is 6.57. The van der Waals surface area contributed by atoms with Crippen molar-refractivity contribution >= 4 is 18.2 Å². The molecule has 0 bridgehead atoms. The van der Waals surface area contributed by atoms with Gasteiger partial charge in [0.1, 0.15) is 5.82 Å². The fraction of sp³-hybridized carbons (Fsp3) is 0.357. The molecule has 0 saturated carbocycles. The number of aryl methyl sites for hydroxylation is 1. The number of aromatic nitrogens is 2. The van der Waals surface area contributed by atoms with E-state index in [9.17, 15) is 4.39 Å². The van der Waals surface area contributed by atoms with Gasteiger partial charge in [-0.15, -0.1) is 12.4 Å². The van der Waals surface area contributed by atoms with Crippen molar-refractivity contribution in [3.8, 4) is 0 Å². The van der Waals surface area contributed by atoms with Gasteiger partial charge in [-0.3, -0.25) is 4.68 Å². The SMILES string of the molecule is Cc1cn(C(C)C)nc1NCc1cccc(F)c1.Cl. The zero-order valence-corrected chi connectivity index (χ0v) is 12.2.